The molecule has 0 saturated carbocycles. The summed E-state index contributed by atoms with van der Waals surface area (Å²) in [5.41, 5.74) is 9.01. The van der Waals surface area contributed by atoms with Gasteiger partial charge in [-0.05, 0) is 35.4 Å². The Hall–Kier alpha value is -2.86. The lowest BCUT2D eigenvalue weighted by molar-refractivity contribution is 0.427. The molecule has 2 N–H and O–H groups in total. The van der Waals surface area contributed by atoms with Gasteiger partial charge in [0.1, 0.15) is 5.82 Å². The molecule has 3 heterocycles. The molecule has 0 aliphatic rings. The highest BCUT2D eigenvalue weighted by atomic mass is 32.1. The van der Waals surface area contributed by atoms with Crippen LogP contribution in [0, 0.1) is 0 Å². The van der Waals surface area contributed by atoms with E-state index >= 15 is 0 Å². The van der Waals surface area contributed by atoms with Crippen LogP contribution in [0.15, 0.2) is 54.6 Å². The zero-order valence-electron chi connectivity index (χ0n) is 12.4. The summed E-state index contributed by atoms with van der Waals surface area (Å²) in [6.07, 6.45) is 0. The van der Waals surface area contributed by atoms with Crippen LogP contribution in [0.1, 0.15) is 0 Å². The van der Waals surface area contributed by atoms with Gasteiger partial charge in [0.15, 0.2) is 16.5 Å². The number of methoxy groups -OCH3 is 1. The molecule has 0 radical (unpaired) electrons. The number of anilines is 1. The number of hydrogen-bond acceptors (Lipinski definition) is 5. The number of ether oxygens (including phenoxy) is 1. The van der Waals surface area contributed by atoms with E-state index in [0.717, 1.165) is 26.7 Å². The van der Waals surface area contributed by atoms with E-state index in [1.165, 1.54) is 11.3 Å². The summed E-state index contributed by atoms with van der Waals surface area (Å²) in [7, 11) is 1.65. The summed E-state index contributed by atoms with van der Waals surface area (Å²) in [5.74, 6) is 1.21. The van der Waals surface area contributed by atoms with E-state index in [-0.39, 0.29) is 0 Å². The number of fused-ring (bicyclic) bond motifs is 1. The van der Waals surface area contributed by atoms with Gasteiger partial charge < -0.3 is 10.5 Å². The summed E-state index contributed by atoms with van der Waals surface area (Å²) in [4.78, 5) is 5.55. The van der Waals surface area contributed by atoms with Crippen LogP contribution in [-0.2, 0) is 0 Å². The molecule has 0 bridgehead atoms. The molecule has 0 spiro atoms. The number of pyridine rings is 1. The lowest BCUT2D eigenvalue weighted by atomic mass is 10.1. The van der Waals surface area contributed by atoms with Crippen LogP contribution in [0.2, 0.25) is 0 Å². The van der Waals surface area contributed by atoms with Gasteiger partial charge in [0.2, 0.25) is 0 Å². The Labute approximate surface area is 137 Å². The van der Waals surface area contributed by atoms with Crippen LogP contribution in [0.5, 0.6) is 5.06 Å². The SMILES string of the molecule is COc1ccc(-c2nc3cc(-c4ccccc4)cc(N)n3n2)s1. The van der Waals surface area contributed by atoms with Crippen molar-refractivity contribution in [2.24, 2.45) is 0 Å². The number of nitrogens with two attached hydrogens (primary N) is 1. The third-order valence-corrected chi connectivity index (χ3v) is 4.62. The average Bonchev–Trinajstić information content (AvgIpc) is 3.22. The van der Waals surface area contributed by atoms with Gasteiger partial charge in [-0.15, -0.1) is 5.10 Å². The molecule has 0 unspecified atom stereocenters. The monoisotopic (exact) mass is 322 g/mol. The van der Waals surface area contributed by atoms with Crippen molar-refractivity contribution in [1.29, 1.82) is 0 Å². The molecule has 5 nitrogen and oxygen atoms in total. The van der Waals surface area contributed by atoms with Gasteiger partial charge in [-0.1, -0.05) is 41.7 Å². The zero-order chi connectivity index (χ0) is 15.8. The largest absolute Gasteiger partial charge is 0.487 e. The molecule has 4 aromatic rings. The van der Waals surface area contributed by atoms with Crippen LogP contribution in [-0.4, -0.2) is 21.7 Å². The van der Waals surface area contributed by atoms with Crippen LogP contribution < -0.4 is 10.5 Å². The lowest BCUT2D eigenvalue weighted by Gasteiger charge is -2.04. The van der Waals surface area contributed by atoms with Gasteiger partial charge in [0, 0.05) is 0 Å². The van der Waals surface area contributed by atoms with Crippen LogP contribution >= 0.6 is 11.3 Å². The molecule has 0 amide bonds. The maximum atomic E-state index is 6.16. The quantitative estimate of drug-likeness (QED) is 0.624. The van der Waals surface area contributed by atoms with Gasteiger partial charge in [-0.25, -0.2) is 4.98 Å². The first kappa shape index (κ1) is 13.8. The van der Waals surface area contributed by atoms with Crippen molar-refractivity contribution >= 4 is 22.8 Å². The van der Waals surface area contributed by atoms with Crippen LogP contribution in [0.25, 0.3) is 27.5 Å². The van der Waals surface area contributed by atoms with Gasteiger partial charge in [-0.3, -0.25) is 0 Å². The zero-order valence-corrected chi connectivity index (χ0v) is 13.2. The molecule has 114 valence electrons. The van der Waals surface area contributed by atoms with Crippen molar-refractivity contribution in [2.45, 2.75) is 0 Å². The molecule has 3 aromatic heterocycles. The Bertz CT molecular complexity index is 975. The van der Waals surface area contributed by atoms with Crippen molar-refractivity contribution in [3.05, 3.63) is 54.6 Å². The van der Waals surface area contributed by atoms with Crippen molar-refractivity contribution in [3.63, 3.8) is 0 Å². The molecule has 6 heteroatoms. The number of benzene rings is 1. The molecule has 0 aliphatic heterocycles. The summed E-state index contributed by atoms with van der Waals surface area (Å²) >= 11 is 1.51. The fraction of sp³-hybridized carbons (Fsp3) is 0.0588. The fourth-order valence-electron chi connectivity index (χ4n) is 2.46. The van der Waals surface area contributed by atoms with Crippen molar-refractivity contribution in [1.82, 2.24) is 14.6 Å². The first-order valence-electron chi connectivity index (χ1n) is 7.10. The normalized spacial score (nSPS) is 11.0. The Morgan fingerprint density at radius 3 is 2.61 bits per heavy atom. The van der Waals surface area contributed by atoms with Crippen LogP contribution in [0.4, 0.5) is 5.82 Å². The summed E-state index contributed by atoms with van der Waals surface area (Å²) in [6, 6.07) is 17.9. The standard InChI is InChI=1S/C17H14N4OS/c1-22-16-8-7-13(23-16)17-19-15-10-12(9-14(18)21(15)20-17)11-5-3-2-4-6-11/h2-10H,18H2,1H3. The van der Waals surface area contributed by atoms with Crippen molar-refractivity contribution in [2.75, 3.05) is 12.8 Å². The molecule has 0 aliphatic carbocycles. The van der Waals surface area contributed by atoms with E-state index in [9.17, 15) is 0 Å². The molecule has 1 aromatic carbocycles. The molecular formula is C17H14N4OS. The van der Waals surface area contributed by atoms with E-state index in [0.29, 0.717) is 11.6 Å². The topological polar surface area (TPSA) is 65.4 Å². The van der Waals surface area contributed by atoms with Crippen LogP contribution in [0.3, 0.4) is 0 Å². The highest BCUT2D eigenvalue weighted by Crippen LogP contribution is 2.32. The maximum absolute atomic E-state index is 6.16. The third kappa shape index (κ3) is 2.43. The highest BCUT2D eigenvalue weighted by Gasteiger charge is 2.12. The van der Waals surface area contributed by atoms with Gasteiger partial charge >= 0.3 is 0 Å². The Morgan fingerprint density at radius 2 is 1.87 bits per heavy atom. The number of aromatic nitrogens is 3. The first-order valence-corrected chi connectivity index (χ1v) is 7.92. The molecule has 23 heavy (non-hydrogen) atoms. The van der Waals surface area contributed by atoms with Gasteiger partial charge in [-0.2, -0.15) is 4.52 Å². The number of nitrogen functional groups attached to an aromatic ring is 1. The van der Waals surface area contributed by atoms with E-state index in [4.69, 9.17) is 10.5 Å². The Balaban J connectivity index is 1.84. The third-order valence-electron chi connectivity index (χ3n) is 3.57. The maximum Gasteiger partial charge on any atom is 0.192 e. The number of thiophene rings is 1. The predicted molar refractivity (Wildman–Crippen MR) is 92.7 cm³/mol. The van der Waals surface area contributed by atoms with Crippen molar-refractivity contribution in [3.8, 4) is 26.9 Å². The van der Waals surface area contributed by atoms with Gasteiger partial charge in [0.25, 0.3) is 0 Å². The minimum atomic E-state index is 0.559. The Morgan fingerprint density at radius 1 is 1.04 bits per heavy atom. The first-order chi connectivity index (χ1) is 11.2. The number of rotatable bonds is 3. The lowest BCUT2D eigenvalue weighted by Crippen LogP contribution is -1.98. The number of nitrogens with zero attached hydrogens (tertiary/aromatic N) is 3. The minimum absolute atomic E-state index is 0.559. The van der Waals surface area contributed by atoms with E-state index in [2.05, 4.69) is 10.1 Å². The smallest absolute Gasteiger partial charge is 0.192 e. The summed E-state index contributed by atoms with van der Waals surface area (Å²) in [5, 5.41) is 5.33. The molecule has 0 atom stereocenters. The molecule has 4 rings (SSSR count). The van der Waals surface area contributed by atoms with E-state index in [1.807, 2.05) is 54.6 Å². The van der Waals surface area contributed by atoms with Gasteiger partial charge in [0.05, 0.1) is 12.0 Å². The second kappa shape index (κ2) is 5.40. The molecule has 0 saturated heterocycles. The van der Waals surface area contributed by atoms with E-state index in [1.54, 1.807) is 11.6 Å². The second-order valence-electron chi connectivity index (χ2n) is 5.06. The predicted octanol–water partition coefficient (Wildman–Crippen LogP) is 3.72. The van der Waals surface area contributed by atoms with E-state index < -0.39 is 0 Å². The minimum Gasteiger partial charge on any atom is -0.487 e. The highest BCUT2D eigenvalue weighted by molar-refractivity contribution is 7.17. The second-order valence-corrected chi connectivity index (χ2v) is 6.11. The average molecular weight is 322 g/mol. The Kier molecular flexibility index (Phi) is 3.24. The van der Waals surface area contributed by atoms with Crippen molar-refractivity contribution < 1.29 is 4.74 Å². The summed E-state index contributed by atoms with van der Waals surface area (Å²) in [6.45, 7) is 0. The molecule has 0 fully saturated rings. The molecular weight excluding hydrogens is 308 g/mol. The fourth-order valence-corrected chi connectivity index (χ4v) is 3.21. The summed E-state index contributed by atoms with van der Waals surface area (Å²) < 4.78 is 6.88. The number of hydrogen-bond donors (Lipinski definition) is 1.